The number of ether oxygens (including phenoxy) is 1. The number of carbonyl (C=O) groups excluding carboxylic acids is 1. The van der Waals surface area contributed by atoms with Crippen LogP contribution < -0.4 is 4.74 Å². The van der Waals surface area contributed by atoms with Crippen molar-refractivity contribution in [3.05, 3.63) is 66.2 Å². The van der Waals surface area contributed by atoms with Crippen LogP contribution in [0, 0.1) is 0 Å². The molecule has 2 aromatic rings. The van der Waals surface area contributed by atoms with Crippen LogP contribution in [-0.4, -0.2) is 34.5 Å². The molecule has 0 spiro atoms. The van der Waals surface area contributed by atoms with E-state index in [9.17, 15) is 23.1 Å². The minimum atomic E-state index is -4.75. The molecule has 0 bridgehead atoms. The van der Waals surface area contributed by atoms with Gasteiger partial charge in [0.15, 0.2) is 12.3 Å². The Kier molecular flexibility index (Phi) is 4.69. The number of rotatable bonds is 4. The molecular weight excluding hydrogens is 349 g/mol. The standard InChI is InChI=1S/C18H15F3N2O3/c19-18(20,21)15-11-17(25,13-7-3-1-4-8-13)23(22-15)16(24)12-26-14-9-5-2-6-10-14/h1-10,25H,11-12H2. The molecule has 1 aliphatic rings. The lowest BCUT2D eigenvalue weighted by molar-refractivity contribution is -0.160. The van der Waals surface area contributed by atoms with Gasteiger partial charge in [-0.25, -0.2) is 0 Å². The summed E-state index contributed by atoms with van der Waals surface area (Å²) in [7, 11) is 0. The second-order valence-corrected chi connectivity index (χ2v) is 5.71. The van der Waals surface area contributed by atoms with Crippen molar-refractivity contribution in [1.82, 2.24) is 5.01 Å². The number of benzene rings is 2. The van der Waals surface area contributed by atoms with Gasteiger partial charge in [-0.3, -0.25) is 4.79 Å². The summed E-state index contributed by atoms with van der Waals surface area (Å²) in [4.78, 5) is 12.4. The average Bonchev–Trinajstić information content (AvgIpc) is 3.01. The van der Waals surface area contributed by atoms with E-state index in [0.29, 0.717) is 10.8 Å². The molecule has 1 N–H and O–H groups in total. The highest BCUT2D eigenvalue weighted by atomic mass is 19.4. The number of para-hydroxylation sites is 1. The third-order valence-corrected chi connectivity index (χ3v) is 3.89. The summed E-state index contributed by atoms with van der Waals surface area (Å²) in [5, 5.41) is 14.7. The number of aliphatic hydroxyl groups is 1. The smallest absolute Gasteiger partial charge is 0.431 e. The SMILES string of the molecule is O=C(COc1ccccc1)N1N=C(C(F)(F)F)CC1(O)c1ccccc1. The maximum atomic E-state index is 13.1. The normalized spacial score (nSPS) is 20.0. The first-order valence-electron chi connectivity index (χ1n) is 7.74. The molecule has 0 aliphatic carbocycles. The monoisotopic (exact) mass is 364 g/mol. The van der Waals surface area contributed by atoms with Gasteiger partial charge in [-0.05, 0) is 12.1 Å². The lowest BCUT2D eigenvalue weighted by atomic mass is 9.97. The van der Waals surface area contributed by atoms with Gasteiger partial charge in [0.05, 0.1) is 6.42 Å². The maximum Gasteiger partial charge on any atom is 0.431 e. The van der Waals surface area contributed by atoms with Crippen LogP contribution in [0.1, 0.15) is 12.0 Å². The van der Waals surface area contributed by atoms with E-state index in [0.717, 1.165) is 0 Å². The fourth-order valence-electron chi connectivity index (χ4n) is 2.62. The van der Waals surface area contributed by atoms with Crippen LogP contribution >= 0.6 is 0 Å². The number of alkyl halides is 3. The molecule has 0 radical (unpaired) electrons. The van der Waals surface area contributed by atoms with Crippen LogP contribution in [0.25, 0.3) is 0 Å². The van der Waals surface area contributed by atoms with Crippen LogP contribution in [0.2, 0.25) is 0 Å². The molecule has 136 valence electrons. The number of nitrogens with zero attached hydrogens (tertiary/aromatic N) is 2. The van der Waals surface area contributed by atoms with Crippen LogP contribution in [0.15, 0.2) is 65.8 Å². The number of hydrazone groups is 1. The summed E-state index contributed by atoms with van der Waals surface area (Å²) in [6.07, 6.45) is -5.60. The fourth-order valence-corrected chi connectivity index (χ4v) is 2.62. The maximum absolute atomic E-state index is 13.1. The molecule has 1 atom stereocenters. The summed E-state index contributed by atoms with van der Waals surface area (Å²) in [5.41, 5.74) is -3.31. The number of hydrogen-bond acceptors (Lipinski definition) is 4. The van der Waals surface area contributed by atoms with Crippen molar-refractivity contribution in [1.29, 1.82) is 0 Å². The largest absolute Gasteiger partial charge is 0.484 e. The van der Waals surface area contributed by atoms with Crippen molar-refractivity contribution < 1.29 is 27.8 Å². The van der Waals surface area contributed by atoms with Gasteiger partial charge in [0.2, 0.25) is 0 Å². The topological polar surface area (TPSA) is 62.1 Å². The molecule has 0 aromatic heterocycles. The zero-order chi connectivity index (χ0) is 18.8. The van der Waals surface area contributed by atoms with Crippen molar-refractivity contribution in [2.24, 2.45) is 5.10 Å². The van der Waals surface area contributed by atoms with E-state index < -0.39 is 36.5 Å². The summed E-state index contributed by atoms with van der Waals surface area (Å²) < 4.78 is 44.6. The zero-order valence-electron chi connectivity index (χ0n) is 13.5. The van der Waals surface area contributed by atoms with E-state index in [4.69, 9.17) is 4.74 Å². The van der Waals surface area contributed by atoms with Gasteiger partial charge in [-0.1, -0.05) is 48.5 Å². The van der Waals surface area contributed by atoms with Crippen molar-refractivity contribution >= 4 is 11.6 Å². The first-order valence-corrected chi connectivity index (χ1v) is 7.74. The van der Waals surface area contributed by atoms with E-state index in [1.807, 2.05) is 0 Å². The Labute approximate surface area is 147 Å². The van der Waals surface area contributed by atoms with E-state index in [-0.39, 0.29) is 5.56 Å². The van der Waals surface area contributed by atoms with E-state index in [1.54, 1.807) is 48.5 Å². The third-order valence-electron chi connectivity index (χ3n) is 3.89. The highest BCUT2D eigenvalue weighted by Gasteiger charge is 2.53. The molecule has 1 aliphatic heterocycles. The second-order valence-electron chi connectivity index (χ2n) is 5.71. The predicted molar refractivity (Wildman–Crippen MR) is 87.2 cm³/mol. The van der Waals surface area contributed by atoms with E-state index in [1.165, 1.54) is 12.1 Å². The van der Waals surface area contributed by atoms with Gasteiger partial charge in [0, 0.05) is 5.56 Å². The Morgan fingerprint density at radius 1 is 1.12 bits per heavy atom. The number of hydrogen-bond donors (Lipinski definition) is 1. The van der Waals surface area contributed by atoms with Crippen molar-refractivity contribution in [2.75, 3.05) is 6.61 Å². The molecule has 2 aromatic carbocycles. The van der Waals surface area contributed by atoms with Crippen LogP contribution in [0.3, 0.4) is 0 Å². The van der Waals surface area contributed by atoms with Crippen molar-refractivity contribution in [3.8, 4) is 5.75 Å². The molecule has 1 amide bonds. The molecule has 26 heavy (non-hydrogen) atoms. The minimum Gasteiger partial charge on any atom is -0.484 e. The molecule has 3 rings (SSSR count). The molecule has 0 saturated carbocycles. The number of halogens is 3. The third kappa shape index (κ3) is 3.55. The Hall–Kier alpha value is -2.87. The molecule has 0 fully saturated rings. The van der Waals surface area contributed by atoms with Gasteiger partial charge < -0.3 is 9.84 Å². The van der Waals surface area contributed by atoms with Crippen LogP contribution in [-0.2, 0) is 10.5 Å². The molecule has 5 nitrogen and oxygen atoms in total. The number of amides is 1. The zero-order valence-corrected chi connectivity index (χ0v) is 13.5. The molecule has 0 saturated heterocycles. The Balaban J connectivity index is 1.86. The van der Waals surface area contributed by atoms with Crippen molar-refractivity contribution in [3.63, 3.8) is 0 Å². The Bertz CT molecular complexity index is 809. The number of carbonyl (C=O) groups is 1. The predicted octanol–water partition coefficient (Wildman–Crippen LogP) is 3.06. The molecular formula is C18H15F3N2O3. The highest BCUT2D eigenvalue weighted by molar-refractivity contribution is 5.94. The average molecular weight is 364 g/mol. The molecule has 1 heterocycles. The highest BCUT2D eigenvalue weighted by Crippen LogP contribution is 2.39. The quantitative estimate of drug-likeness (QED) is 0.907. The van der Waals surface area contributed by atoms with Gasteiger partial charge >= 0.3 is 6.18 Å². The lowest BCUT2D eigenvalue weighted by Crippen LogP contribution is -2.45. The second kappa shape index (κ2) is 6.80. The van der Waals surface area contributed by atoms with E-state index in [2.05, 4.69) is 5.10 Å². The van der Waals surface area contributed by atoms with Gasteiger partial charge in [0.1, 0.15) is 11.5 Å². The Morgan fingerprint density at radius 2 is 1.69 bits per heavy atom. The summed E-state index contributed by atoms with van der Waals surface area (Å²) in [6, 6.07) is 16.0. The van der Waals surface area contributed by atoms with Gasteiger partial charge in [-0.2, -0.15) is 23.3 Å². The van der Waals surface area contributed by atoms with Crippen LogP contribution in [0.4, 0.5) is 13.2 Å². The molecule has 8 heteroatoms. The lowest BCUT2D eigenvalue weighted by Gasteiger charge is -2.31. The van der Waals surface area contributed by atoms with Gasteiger partial charge in [0.25, 0.3) is 5.91 Å². The van der Waals surface area contributed by atoms with E-state index >= 15 is 0 Å². The summed E-state index contributed by atoms with van der Waals surface area (Å²) in [6.45, 7) is -0.562. The Morgan fingerprint density at radius 3 is 2.27 bits per heavy atom. The molecule has 1 unspecified atom stereocenters. The first kappa shape index (κ1) is 17.9. The van der Waals surface area contributed by atoms with Crippen molar-refractivity contribution in [2.45, 2.75) is 18.3 Å². The summed E-state index contributed by atoms with van der Waals surface area (Å²) >= 11 is 0. The minimum absolute atomic E-state index is 0.135. The van der Waals surface area contributed by atoms with Gasteiger partial charge in [-0.15, -0.1) is 0 Å². The van der Waals surface area contributed by atoms with Crippen LogP contribution in [0.5, 0.6) is 5.75 Å². The fraction of sp³-hybridized carbons (Fsp3) is 0.222. The summed E-state index contributed by atoms with van der Waals surface area (Å²) in [5.74, 6) is -0.511. The first-order chi connectivity index (χ1) is 12.3.